The number of carbonyl (C=O) groups excluding carboxylic acids is 1. The number of aromatic nitrogens is 2. The number of hydrogen-bond donors (Lipinski definition) is 2. The van der Waals surface area contributed by atoms with Crippen molar-refractivity contribution in [1.82, 2.24) is 20.8 Å². The molecule has 1 amide bonds. The predicted molar refractivity (Wildman–Crippen MR) is 68.6 cm³/mol. The Kier molecular flexibility index (Phi) is 6.07. The van der Waals surface area contributed by atoms with Crippen LogP contribution in [0.25, 0.3) is 0 Å². The van der Waals surface area contributed by atoms with E-state index in [1.165, 1.54) is 0 Å². The van der Waals surface area contributed by atoms with Crippen LogP contribution in [0.15, 0.2) is 4.52 Å². The zero-order valence-corrected chi connectivity index (χ0v) is 11.3. The van der Waals surface area contributed by atoms with Crippen molar-refractivity contribution in [1.29, 1.82) is 0 Å². The molecule has 1 aliphatic rings. The van der Waals surface area contributed by atoms with Gasteiger partial charge in [-0.15, -0.1) is 12.4 Å². The van der Waals surface area contributed by atoms with E-state index in [-0.39, 0.29) is 24.4 Å². The fraction of sp³-hybridized carbons (Fsp3) is 0.727. The van der Waals surface area contributed by atoms with Gasteiger partial charge in [0.1, 0.15) is 0 Å². The molecule has 18 heavy (non-hydrogen) atoms. The first-order valence-corrected chi connectivity index (χ1v) is 6.06. The third-order valence-electron chi connectivity index (χ3n) is 2.83. The molecule has 1 atom stereocenters. The van der Waals surface area contributed by atoms with Crippen LogP contribution in [-0.4, -0.2) is 35.2 Å². The predicted octanol–water partition coefficient (Wildman–Crippen LogP) is 0.601. The number of aryl methyl sites for hydroxylation is 1. The van der Waals surface area contributed by atoms with Crippen LogP contribution in [0.5, 0.6) is 0 Å². The van der Waals surface area contributed by atoms with Crippen LogP contribution in [0.3, 0.4) is 0 Å². The highest BCUT2D eigenvalue weighted by molar-refractivity contribution is 5.85. The molecule has 2 N–H and O–H groups in total. The van der Waals surface area contributed by atoms with Crippen LogP contribution >= 0.6 is 12.4 Å². The van der Waals surface area contributed by atoms with Crippen LogP contribution in [-0.2, 0) is 11.2 Å². The van der Waals surface area contributed by atoms with Crippen molar-refractivity contribution in [2.75, 3.05) is 13.1 Å². The van der Waals surface area contributed by atoms with Gasteiger partial charge in [0.25, 0.3) is 0 Å². The molecule has 0 bridgehead atoms. The highest BCUT2D eigenvalue weighted by Crippen LogP contribution is 2.06. The zero-order chi connectivity index (χ0) is 12.1. The maximum Gasteiger partial charge on any atom is 0.237 e. The van der Waals surface area contributed by atoms with E-state index in [0.29, 0.717) is 24.7 Å². The molecule has 0 aromatic carbocycles. The molecule has 1 aromatic rings. The Balaban J connectivity index is 0.00000162. The number of carbonyl (C=O) groups is 1. The van der Waals surface area contributed by atoms with E-state index in [4.69, 9.17) is 4.52 Å². The molecule has 2 rings (SSSR count). The van der Waals surface area contributed by atoms with Gasteiger partial charge in [-0.3, -0.25) is 4.79 Å². The summed E-state index contributed by atoms with van der Waals surface area (Å²) in [5, 5.41) is 9.78. The number of halogens is 1. The molecule has 0 aliphatic carbocycles. The van der Waals surface area contributed by atoms with Crippen molar-refractivity contribution < 1.29 is 9.32 Å². The standard InChI is InChI=1S/C11H18N4O2.ClH/c1-8-14-10(17-15-8)5-7-13-11(16)9-4-2-3-6-12-9;/h9,12H,2-7H2,1H3,(H,13,16);1H/t9-;/m0./s1. The van der Waals surface area contributed by atoms with Crippen LogP contribution < -0.4 is 10.6 Å². The lowest BCUT2D eigenvalue weighted by Crippen LogP contribution is -2.47. The Morgan fingerprint density at radius 3 is 3.00 bits per heavy atom. The lowest BCUT2D eigenvalue weighted by atomic mass is 10.0. The van der Waals surface area contributed by atoms with E-state index in [2.05, 4.69) is 20.8 Å². The molecule has 2 heterocycles. The highest BCUT2D eigenvalue weighted by atomic mass is 35.5. The van der Waals surface area contributed by atoms with E-state index in [1.54, 1.807) is 6.92 Å². The number of hydrogen-bond acceptors (Lipinski definition) is 5. The summed E-state index contributed by atoms with van der Waals surface area (Å²) in [6, 6.07) is -0.0341. The van der Waals surface area contributed by atoms with E-state index < -0.39 is 0 Å². The summed E-state index contributed by atoms with van der Waals surface area (Å²) in [7, 11) is 0. The Labute approximate surface area is 112 Å². The smallest absolute Gasteiger partial charge is 0.237 e. The van der Waals surface area contributed by atoms with Gasteiger partial charge < -0.3 is 15.2 Å². The van der Waals surface area contributed by atoms with Gasteiger partial charge in [-0.25, -0.2) is 0 Å². The Morgan fingerprint density at radius 2 is 2.39 bits per heavy atom. The van der Waals surface area contributed by atoms with Crippen LogP contribution in [0.2, 0.25) is 0 Å². The molecular weight excluding hydrogens is 256 g/mol. The number of rotatable bonds is 4. The van der Waals surface area contributed by atoms with Crippen molar-refractivity contribution in [3.8, 4) is 0 Å². The molecule has 1 fully saturated rings. The fourth-order valence-corrected chi connectivity index (χ4v) is 1.93. The molecule has 0 unspecified atom stereocenters. The third kappa shape index (κ3) is 4.27. The number of nitrogens with zero attached hydrogens (tertiary/aromatic N) is 2. The minimum atomic E-state index is -0.0341. The van der Waals surface area contributed by atoms with Gasteiger partial charge in [-0.05, 0) is 26.3 Å². The van der Waals surface area contributed by atoms with Gasteiger partial charge in [-0.2, -0.15) is 4.98 Å². The van der Waals surface area contributed by atoms with Crippen molar-refractivity contribution in [2.24, 2.45) is 0 Å². The van der Waals surface area contributed by atoms with E-state index in [0.717, 1.165) is 25.8 Å². The lowest BCUT2D eigenvalue weighted by molar-refractivity contribution is -0.123. The van der Waals surface area contributed by atoms with Crippen LogP contribution in [0.1, 0.15) is 31.0 Å². The van der Waals surface area contributed by atoms with E-state index in [9.17, 15) is 4.79 Å². The van der Waals surface area contributed by atoms with Crippen molar-refractivity contribution in [2.45, 2.75) is 38.6 Å². The number of piperidine rings is 1. The molecule has 7 heteroatoms. The topological polar surface area (TPSA) is 80.0 Å². The maximum absolute atomic E-state index is 11.8. The number of nitrogens with one attached hydrogen (secondary N) is 2. The average Bonchev–Trinajstić information content (AvgIpc) is 2.76. The Bertz CT molecular complexity index is 377. The summed E-state index contributed by atoms with van der Waals surface area (Å²) in [4.78, 5) is 15.8. The minimum absolute atomic E-state index is 0. The van der Waals surface area contributed by atoms with Gasteiger partial charge >= 0.3 is 0 Å². The van der Waals surface area contributed by atoms with Crippen LogP contribution in [0.4, 0.5) is 0 Å². The summed E-state index contributed by atoms with van der Waals surface area (Å²) in [6.45, 7) is 3.25. The molecule has 102 valence electrons. The van der Waals surface area contributed by atoms with Gasteiger partial charge in [-0.1, -0.05) is 11.6 Å². The maximum atomic E-state index is 11.8. The van der Waals surface area contributed by atoms with Crippen molar-refractivity contribution in [3.05, 3.63) is 11.7 Å². The third-order valence-corrected chi connectivity index (χ3v) is 2.83. The molecule has 1 saturated heterocycles. The van der Waals surface area contributed by atoms with Crippen LogP contribution in [0, 0.1) is 6.92 Å². The van der Waals surface area contributed by atoms with Gasteiger partial charge in [0.15, 0.2) is 5.82 Å². The zero-order valence-electron chi connectivity index (χ0n) is 10.4. The Hall–Kier alpha value is -1.14. The molecule has 0 spiro atoms. The van der Waals surface area contributed by atoms with Gasteiger partial charge in [0, 0.05) is 13.0 Å². The minimum Gasteiger partial charge on any atom is -0.354 e. The second kappa shape index (κ2) is 7.33. The van der Waals surface area contributed by atoms with Gasteiger partial charge in [0.05, 0.1) is 6.04 Å². The second-order valence-corrected chi connectivity index (χ2v) is 4.28. The summed E-state index contributed by atoms with van der Waals surface area (Å²) in [5.74, 6) is 1.26. The fourth-order valence-electron chi connectivity index (χ4n) is 1.93. The lowest BCUT2D eigenvalue weighted by Gasteiger charge is -2.22. The molecule has 1 aliphatic heterocycles. The summed E-state index contributed by atoms with van der Waals surface area (Å²) >= 11 is 0. The molecule has 6 nitrogen and oxygen atoms in total. The van der Waals surface area contributed by atoms with E-state index in [1.807, 2.05) is 0 Å². The normalized spacial score (nSPS) is 19.1. The molecular formula is C11H19ClN4O2. The van der Waals surface area contributed by atoms with Crippen molar-refractivity contribution in [3.63, 3.8) is 0 Å². The number of amides is 1. The highest BCUT2D eigenvalue weighted by Gasteiger charge is 2.19. The van der Waals surface area contributed by atoms with Gasteiger partial charge in [0.2, 0.25) is 11.8 Å². The monoisotopic (exact) mass is 274 g/mol. The van der Waals surface area contributed by atoms with Crippen molar-refractivity contribution >= 4 is 18.3 Å². The molecule has 0 radical (unpaired) electrons. The summed E-state index contributed by atoms with van der Waals surface area (Å²) in [5.41, 5.74) is 0. The first-order valence-electron chi connectivity index (χ1n) is 6.06. The average molecular weight is 275 g/mol. The molecule has 0 saturated carbocycles. The first-order chi connectivity index (χ1) is 8.25. The molecule has 1 aromatic heterocycles. The summed E-state index contributed by atoms with van der Waals surface area (Å²) in [6.07, 6.45) is 3.78. The summed E-state index contributed by atoms with van der Waals surface area (Å²) < 4.78 is 4.96. The van der Waals surface area contributed by atoms with E-state index >= 15 is 0 Å². The quantitative estimate of drug-likeness (QED) is 0.840. The Morgan fingerprint density at radius 1 is 1.56 bits per heavy atom. The SMILES string of the molecule is Cc1noc(CCNC(=O)[C@@H]2CCCCN2)n1.Cl. The first kappa shape index (κ1) is 14.9. The largest absolute Gasteiger partial charge is 0.354 e. The second-order valence-electron chi connectivity index (χ2n) is 4.28.